The lowest BCUT2D eigenvalue weighted by Crippen LogP contribution is -2.58. The smallest absolute Gasteiger partial charge is 0.277 e. The summed E-state index contributed by atoms with van der Waals surface area (Å²) in [6.45, 7) is 5.57. The molecule has 1 atom stereocenters. The molecule has 5 nitrogen and oxygen atoms in total. The first-order valence-corrected chi connectivity index (χ1v) is 6.35. The Kier molecular flexibility index (Phi) is 3.98. The molecular formula is C15H16N2O3. The van der Waals surface area contributed by atoms with Crippen LogP contribution in [0.3, 0.4) is 0 Å². The molecule has 1 aliphatic rings. The second kappa shape index (κ2) is 5.69. The van der Waals surface area contributed by atoms with Crippen molar-refractivity contribution in [3.8, 4) is 0 Å². The van der Waals surface area contributed by atoms with Crippen molar-refractivity contribution in [3.63, 3.8) is 0 Å². The molecule has 1 aromatic rings. The van der Waals surface area contributed by atoms with Crippen LogP contribution >= 0.6 is 0 Å². The van der Waals surface area contributed by atoms with E-state index in [2.05, 4.69) is 11.9 Å². The highest BCUT2D eigenvalue weighted by atomic mass is 16.2. The van der Waals surface area contributed by atoms with E-state index in [4.69, 9.17) is 0 Å². The Morgan fingerprint density at radius 3 is 2.50 bits per heavy atom. The molecule has 0 saturated carbocycles. The average molecular weight is 272 g/mol. The van der Waals surface area contributed by atoms with E-state index in [1.807, 2.05) is 31.2 Å². The fraction of sp³-hybridized carbons (Fsp3) is 0.267. The minimum atomic E-state index is -0.865. The van der Waals surface area contributed by atoms with Crippen molar-refractivity contribution in [1.29, 1.82) is 0 Å². The Balaban J connectivity index is 2.18. The second-order valence-electron chi connectivity index (χ2n) is 4.77. The topological polar surface area (TPSA) is 66.5 Å². The van der Waals surface area contributed by atoms with Crippen LogP contribution in [0.2, 0.25) is 0 Å². The summed E-state index contributed by atoms with van der Waals surface area (Å²) in [5.41, 5.74) is 1.99. The van der Waals surface area contributed by atoms with Crippen LogP contribution in [0.5, 0.6) is 0 Å². The summed E-state index contributed by atoms with van der Waals surface area (Å²) < 4.78 is 0. The molecule has 2 rings (SSSR count). The Morgan fingerprint density at radius 1 is 1.25 bits per heavy atom. The molecule has 0 aromatic heterocycles. The molecular weight excluding hydrogens is 256 g/mol. The van der Waals surface area contributed by atoms with Gasteiger partial charge in [0.2, 0.25) is 11.8 Å². The van der Waals surface area contributed by atoms with Crippen LogP contribution in [0, 0.1) is 12.8 Å². The first-order valence-electron chi connectivity index (χ1n) is 6.35. The van der Waals surface area contributed by atoms with Crippen LogP contribution in [0.4, 0.5) is 4.79 Å². The van der Waals surface area contributed by atoms with E-state index in [1.54, 1.807) is 0 Å². The van der Waals surface area contributed by atoms with Crippen molar-refractivity contribution in [3.05, 3.63) is 48.0 Å². The number of barbiturate groups is 1. The number of imide groups is 2. The highest BCUT2D eigenvalue weighted by molar-refractivity contribution is 6.16. The standard InChI is InChI=1S/C15H16N2O3/c1-3-8-17-14(19)12(13(18)16-15(17)20)9-11-6-4-10(2)5-7-11/h3-7,12H,1,8-9H2,2H3,(H,16,18,20). The molecule has 0 radical (unpaired) electrons. The minimum Gasteiger partial charge on any atom is -0.277 e. The monoisotopic (exact) mass is 272 g/mol. The Morgan fingerprint density at radius 2 is 1.90 bits per heavy atom. The molecule has 1 heterocycles. The summed E-state index contributed by atoms with van der Waals surface area (Å²) in [5.74, 6) is -1.88. The van der Waals surface area contributed by atoms with Gasteiger partial charge in [-0.1, -0.05) is 35.9 Å². The van der Waals surface area contributed by atoms with E-state index in [1.165, 1.54) is 6.08 Å². The van der Waals surface area contributed by atoms with E-state index in [0.29, 0.717) is 0 Å². The van der Waals surface area contributed by atoms with Crippen molar-refractivity contribution in [1.82, 2.24) is 10.2 Å². The average Bonchev–Trinajstić information content (AvgIpc) is 2.41. The number of amides is 4. The Hall–Kier alpha value is -2.43. The number of hydrogen-bond acceptors (Lipinski definition) is 3. The van der Waals surface area contributed by atoms with Crippen molar-refractivity contribution < 1.29 is 14.4 Å². The quantitative estimate of drug-likeness (QED) is 0.666. The summed E-state index contributed by atoms with van der Waals surface area (Å²) in [4.78, 5) is 36.6. The number of nitrogens with one attached hydrogen (secondary N) is 1. The molecule has 0 spiro atoms. The summed E-state index contributed by atoms with van der Waals surface area (Å²) in [6, 6.07) is 6.93. The highest BCUT2D eigenvalue weighted by Gasteiger charge is 2.39. The molecule has 104 valence electrons. The number of nitrogens with zero attached hydrogens (tertiary/aromatic N) is 1. The zero-order chi connectivity index (χ0) is 14.7. The number of benzene rings is 1. The van der Waals surface area contributed by atoms with Gasteiger partial charge in [0.25, 0.3) is 0 Å². The molecule has 1 fully saturated rings. The van der Waals surface area contributed by atoms with Gasteiger partial charge in [-0.2, -0.15) is 0 Å². The van der Waals surface area contributed by atoms with Gasteiger partial charge in [0, 0.05) is 6.54 Å². The van der Waals surface area contributed by atoms with Crippen LogP contribution in [-0.4, -0.2) is 29.3 Å². The number of carbonyl (C=O) groups is 3. The normalized spacial score (nSPS) is 18.9. The van der Waals surface area contributed by atoms with Crippen LogP contribution in [0.25, 0.3) is 0 Å². The molecule has 1 aromatic carbocycles. The van der Waals surface area contributed by atoms with Crippen molar-refractivity contribution in [2.24, 2.45) is 5.92 Å². The first kappa shape index (κ1) is 14.0. The summed E-state index contributed by atoms with van der Waals surface area (Å²) in [6.07, 6.45) is 1.74. The maximum absolute atomic E-state index is 12.2. The van der Waals surface area contributed by atoms with E-state index < -0.39 is 23.8 Å². The van der Waals surface area contributed by atoms with Crippen molar-refractivity contribution in [2.75, 3.05) is 6.54 Å². The Labute approximate surface area is 117 Å². The Bertz CT molecular complexity index is 563. The molecule has 1 saturated heterocycles. The van der Waals surface area contributed by atoms with E-state index in [-0.39, 0.29) is 13.0 Å². The molecule has 4 amide bonds. The first-order chi connectivity index (χ1) is 9.52. The number of hydrogen-bond donors (Lipinski definition) is 1. The third kappa shape index (κ3) is 2.77. The molecule has 0 aliphatic carbocycles. The highest BCUT2D eigenvalue weighted by Crippen LogP contribution is 2.17. The van der Waals surface area contributed by atoms with Gasteiger partial charge < -0.3 is 0 Å². The predicted molar refractivity (Wildman–Crippen MR) is 73.8 cm³/mol. The third-order valence-electron chi connectivity index (χ3n) is 3.23. The van der Waals surface area contributed by atoms with Gasteiger partial charge in [-0.05, 0) is 18.9 Å². The number of carbonyl (C=O) groups excluding carboxylic acids is 3. The van der Waals surface area contributed by atoms with E-state index >= 15 is 0 Å². The van der Waals surface area contributed by atoms with E-state index in [9.17, 15) is 14.4 Å². The van der Waals surface area contributed by atoms with Gasteiger partial charge in [0.05, 0.1) is 0 Å². The molecule has 1 N–H and O–H groups in total. The van der Waals surface area contributed by atoms with E-state index in [0.717, 1.165) is 16.0 Å². The fourth-order valence-corrected chi connectivity index (χ4v) is 2.10. The predicted octanol–water partition coefficient (Wildman–Crippen LogP) is 1.42. The summed E-state index contributed by atoms with van der Waals surface area (Å²) in [7, 11) is 0. The van der Waals surface area contributed by atoms with Gasteiger partial charge in [0.1, 0.15) is 5.92 Å². The largest absolute Gasteiger partial charge is 0.331 e. The SMILES string of the molecule is C=CCN1C(=O)NC(=O)C(Cc2ccc(C)cc2)C1=O. The van der Waals surface area contributed by atoms with Crippen LogP contribution in [0.15, 0.2) is 36.9 Å². The summed E-state index contributed by atoms with van der Waals surface area (Å²) in [5, 5.41) is 2.21. The number of rotatable bonds is 4. The van der Waals surface area contributed by atoms with Gasteiger partial charge in [-0.15, -0.1) is 6.58 Å². The minimum absolute atomic E-state index is 0.0995. The zero-order valence-electron chi connectivity index (χ0n) is 11.3. The van der Waals surface area contributed by atoms with Gasteiger partial charge in [-0.25, -0.2) is 4.79 Å². The molecule has 1 aliphatic heterocycles. The zero-order valence-corrected chi connectivity index (χ0v) is 11.3. The third-order valence-corrected chi connectivity index (χ3v) is 3.23. The lowest BCUT2D eigenvalue weighted by Gasteiger charge is -2.29. The van der Waals surface area contributed by atoms with Crippen LogP contribution in [-0.2, 0) is 16.0 Å². The molecule has 5 heteroatoms. The second-order valence-corrected chi connectivity index (χ2v) is 4.77. The molecule has 20 heavy (non-hydrogen) atoms. The van der Waals surface area contributed by atoms with Crippen molar-refractivity contribution >= 4 is 17.8 Å². The lowest BCUT2D eigenvalue weighted by molar-refractivity contribution is -0.142. The molecule has 0 bridgehead atoms. The van der Waals surface area contributed by atoms with Crippen LogP contribution < -0.4 is 5.32 Å². The van der Waals surface area contributed by atoms with Gasteiger partial charge >= 0.3 is 6.03 Å². The fourth-order valence-electron chi connectivity index (χ4n) is 2.10. The number of urea groups is 1. The van der Waals surface area contributed by atoms with Gasteiger partial charge in [0.15, 0.2) is 0 Å². The lowest BCUT2D eigenvalue weighted by atomic mass is 9.95. The van der Waals surface area contributed by atoms with Crippen molar-refractivity contribution in [2.45, 2.75) is 13.3 Å². The summed E-state index contributed by atoms with van der Waals surface area (Å²) >= 11 is 0. The van der Waals surface area contributed by atoms with Gasteiger partial charge in [-0.3, -0.25) is 19.8 Å². The maximum atomic E-state index is 12.2. The maximum Gasteiger partial charge on any atom is 0.331 e. The molecule has 1 unspecified atom stereocenters. The van der Waals surface area contributed by atoms with Crippen LogP contribution in [0.1, 0.15) is 11.1 Å². The number of aryl methyl sites for hydroxylation is 1.